The van der Waals surface area contributed by atoms with Gasteiger partial charge < -0.3 is 11.1 Å². The second-order valence-electron chi connectivity index (χ2n) is 6.05. The summed E-state index contributed by atoms with van der Waals surface area (Å²) in [6, 6.07) is 7.72. The lowest BCUT2D eigenvalue weighted by molar-refractivity contribution is -0.127. The van der Waals surface area contributed by atoms with Crippen molar-refractivity contribution in [3.8, 4) is 0 Å². The molecule has 0 aliphatic heterocycles. The van der Waals surface area contributed by atoms with E-state index >= 15 is 0 Å². The number of carbonyl (C=O) groups is 2. The zero-order valence-electron chi connectivity index (χ0n) is 14.1. The Kier molecular flexibility index (Phi) is 5.85. The van der Waals surface area contributed by atoms with Gasteiger partial charge in [-0.3, -0.25) is 9.59 Å². The second-order valence-corrected chi connectivity index (χ2v) is 6.05. The fourth-order valence-corrected chi connectivity index (χ4v) is 2.74. The summed E-state index contributed by atoms with van der Waals surface area (Å²) in [5.74, 6) is -2.71. The number of rotatable bonds is 6. The SMILES string of the molecule is Cc1cccc(C)c1C[C@H](NC(=O)Cc1cc(F)cc(F)c1)C(N)=O. The maximum atomic E-state index is 13.2. The Hall–Kier alpha value is -2.76. The van der Waals surface area contributed by atoms with Crippen molar-refractivity contribution in [2.24, 2.45) is 5.73 Å². The molecule has 2 aromatic carbocycles. The van der Waals surface area contributed by atoms with E-state index in [9.17, 15) is 18.4 Å². The molecule has 0 aromatic heterocycles. The Bertz CT molecular complexity index is 766. The second kappa shape index (κ2) is 7.88. The van der Waals surface area contributed by atoms with Gasteiger partial charge in [0, 0.05) is 12.5 Å². The summed E-state index contributed by atoms with van der Waals surface area (Å²) >= 11 is 0. The molecule has 2 rings (SSSR count). The van der Waals surface area contributed by atoms with Crippen LogP contribution in [0.1, 0.15) is 22.3 Å². The number of nitrogens with two attached hydrogens (primary N) is 1. The molecule has 6 heteroatoms. The van der Waals surface area contributed by atoms with Crippen LogP contribution in [0.4, 0.5) is 8.78 Å². The lowest BCUT2D eigenvalue weighted by Gasteiger charge is -2.18. The Morgan fingerprint density at radius 1 is 1.08 bits per heavy atom. The van der Waals surface area contributed by atoms with Crippen LogP contribution in [0.2, 0.25) is 0 Å². The van der Waals surface area contributed by atoms with E-state index in [2.05, 4.69) is 5.32 Å². The summed E-state index contributed by atoms with van der Waals surface area (Å²) in [5.41, 5.74) is 8.51. The van der Waals surface area contributed by atoms with Gasteiger partial charge in [-0.2, -0.15) is 0 Å². The molecule has 0 bridgehead atoms. The quantitative estimate of drug-likeness (QED) is 0.843. The highest BCUT2D eigenvalue weighted by Crippen LogP contribution is 2.16. The van der Waals surface area contributed by atoms with E-state index in [0.717, 1.165) is 34.9 Å². The van der Waals surface area contributed by atoms with Crippen molar-refractivity contribution in [3.05, 3.63) is 70.3 Å². The molecule has 0 heterocycles. The van der Waals surface area contributed by atoms with E-state index in [1.807, 2.05) is 32.0 Å². The molecule has 25 heavy (non-hydrogen) atoms. The van der Waals surface area contributed by atoms with Crippen LogP contribution in [0.25, 0.3) is 0 Å². The Morgan fingerprint density at radius 3 is 2.16 bits per heavy atom. The van der Waals surface area contributed by atoms with Crippen LogP contribution in [0.3, 0.4) is 0 Å². The van der Waals surface area contributed by atoms with Gasteiger partial charge in [0.1, 0.15) is 17.7 Å². The van der Waals surface area contributed by atoms with Gasteiger partial charge in [0.2, 0.25) is 11.8 Å². The fourth-order valence-electron chi connectivity index (χ4n) is 2.74. The van der Waals surface area contributed by atoms with Crippen LogP contribution in [0.5, 0.6) is 0 Å². The number of benzene rings is 2. The van der Waals surface area contributed by atoms with Crippen LogP contribution in [0.15, 0.2) is 36.4 Å². The average molecular weight is 346 g/mol. The predicted octanol–water partition coefficient (Wildman–Crippen LogP) is 2.34. The molecule has 2 aromatic rings. The summed E-state index contributed by atoms with van der Waals surface area (Å²) in [4.78, 5) is 23.9. The zero-order chi connectivity index (χ0) is 18.6. The summed E-state index contributed by atoms with van der Waals surface area (Å²) in [6.45, 7) is 3.83. The molecule has 0 radical (unpaired) electrons. The molecule has 2 amide bonds. The van der Waals surface area contributed by atoms with Gasteiger partial charge in [-0.05, 0) is 48.2 Å². The number of amides is 2. The van der Waals surface area contributed by atoms with Crippen molar-refractivity contribution >= 4 is 11.8 Å². The first-order valence-electron chi connectivity index (χ1n) is 7.85. The zero-order valence-corrected chi connectivity index (χ0v) is 14.1. The molecule has 132 valence electrons. The maximum Gasteiger partial charge on any atom is 0.240 e. The Morgan fingerprint density at radius 2 is 1.64 bits per heavy atom. The monoisotopic (exact) mass is 346 g/mol. The van der Waals surface area contributed by atoms with Crippen LogP contribution in [-0.4, -0.2) is 17.9 Å². The normalized spacial score (nSPS) is 11.8. The minimum absolute atomic E-state index is 0.185. The van der Waals surface area contributed by atoms with Gasteiger partial charge in [0.05, 0.1) is 6.42 Å². The summed E-state index contributed by atoms with van der Waals surface area (Å²) < 4.78 is 26.4. The van der Waals surface area contributed by atoms with E-state index in [4.69, 9.17) is 5.73 Å². The van der Waals surface area contributed by atoms with Crippen LogP contribution in [0, 0.1) is 25.5 Å². The summed E-state index contributed by atoms with van der Waals surface area (Å²) in [6.07, 6.45) is 0.0162. The van der Waals surface area contributed by atoms with E-state index in [1.54, 1.807) is 0 Å². The van der Waals surface area contributed by atoms with Crippen LogP contribution < -0.4 is 11.1 Å². The van der Waals surface area contributed by atoms with E-state index < -0.39 is 29.5 Å². The number of aryl methyl sites for hydroxylation is 2. The number of carbonyl (C=O) groups excluding carboxylic acids is 2. The molecule has 0 spiro atoms. The molecule has 0 aliphatic carbocycles. The Labute approximate surface area is 145 Å². The molecule has 3 N–H and O–H groups in total. The first-order chi connectivity index (χ1) is 11.8. The van der Waals surface area contributed by atoms with Crippen molar-refractivity contribution in [1.29, 1.82) is 0 Å². The van der Waals surface area contributed by atoms with Crippen molar-refractivity contribution in [2.45, 2.75) is 32.7 Å². The minimum Gasteiger partial charge on any atom is -0.368 e. The minimum atomic E-state index is -0.897. The molecule has 0 saturated carbocycles. The maximum absolute atomic E-state index is 13.2. The summed E-state index contributed by atoms with van der Waals surface area (Å²) in [7, 11) is 0. The highest BCUT2D eigenvalue weighted by atomic mass is 19.1. The summed E-state index contributed by atoms with van der Waals surface area (Å²) in [5, 5.41) is 2.55. The molecule has 0 fully saturated rings. The standard InChI is InChI=1S/C19H20F2N2O2/c1-11-4-3-5-12(2)16(11)10-17(19(22)25)23-18(24)8-13-6-14(20)9-15(21)7-13/h3-7,9,17H,8,10H2,1-2H3,(H2,22,25)(H,23,24)/t17-/m0/s1. The molecule has 0 unspecified atom stereocenters. The van der Waals surface area contributed by atoms with Crippen molar-refractivity contribution in [1.82, 2.24) is 5.32 Å². The number of halogens is 2. The number of hydrogen-bond donors (Lipinski definition) is 2. The third kappa shape index (κ3) is 5.11. The van der Waals surface area contributed by atoms with E-state index in [1.165, 1.54) is 0 Å². The molecular formula is C19H20F2N2O2. The highest BCUT2D eigenvalue weighted by molar-refractivity contribution is 5.87. The molecule has 1 atom stereocenters. The van der Waals surface area contributed by atoms with Gasteiger partial charge >= 0.3 is 0 Å². The number of nitrogens with one attached hydrogen (secondary N) is 1. The number of primary amides is 1. The Balaban J connectivity index is 2.11. The smallest absolute Gasteiger partial charge is 0.240 e. The molecule has 0 aliphatic rings. The third-order valence-electron chi connectivity index (χ3n) is 4.02. The topological polar surface area (TPSA) is 72.2 Å². The lowest BCUT2D eigenvalue weighted by atomic mass is 9.96. The lowest BCUT2D eigenvalue weighted by Crippen LogP contribution is -2.46. The van der Waals surface area contributed by atoms with Gasteiger partial charge in [-0.15, -0.1) is 0 Å². The number of hydrogen-bond acceptors (Lipinski definition) is 2. The first kappa shape index (κ1) is 18.6. The first-order valence-corrected chi connectivity index (χ1v) is 7.85. The van der Waals surface area contributed by atoms with Crippen molar-refractivity contribution in [3.63, 3.8) is 0 Å². The van der Waals surface area contributed by atoms with E-state index in [-0.39, 0.29) is 18.4 Å². The van der Waals surface area contributed by atoms with Gasteiger partial charge in [-0.1, -0.05) is 18.2 Å². The van der Waals surface area contributed by atoms with Gasteiger partial charge in [-0.25, -0.2) is 8.78 Å². The van der Waals surface area contributed by atoms with Crippen LogP contribution in [-0.2, 0) is 22.4 Å². The molecular weight excluding hydrogens is 326 g/mol. The van der Waals surface area contributed by atoms with Crippen molar-refractivity contribution < 1.29 is 18.4 Å². The molecule has 4 nitrogen and oxygen atoms in total. The van der Waals surface area contributed by atoms with Gasteiger partial charge in [0.25, 0.3) is 0 Å². The average Bonchev–Trinajstić information content (AvgIpc) is 2.48. The van der Waals surface area contributed by atoms with Crippen LogP contribution >= 0.6 is 0 Å². The van der Waals surface area contributed by atoms with Gasteiger partial charge in [0.15, 0.2) is 0 Å². The molecule has 0 saturated heterocycles. The largest absolute Gasteiger partial charge is 0.368 e. The third-order valence-corrected chi connectivity index (χ3v) is 4.02. The van der Waals surface area contributed by atoms with Crippen molar-refractivity contribution in [2.75, 3.05) is 0 Å². The van der Waals surface area contributed by atoms with E-state index in [0.29, 0.717) is 0 Å². The fraction of sp³-hybridized carbons (Fsp3) is 0.263. The highest BCUT2D eigenvalue weighted by Gasteiger charge is 2.20. The predicted molar refractivity (Wildman–Crippen MR) is 90.8 cm³/mol.